The number of thiophene rings is 1. The van der Waals surface area contributed by atoms with E-state index in [-0.39, 0.29) is 0 Å². The lowest BCUT2D eigenvalue weighted by Gasteiger charge is -2.11. The van der Waals surface area contributed by atoms with Crippen molar-refractivity contribution in [1.29, 1.82) is 0 Å². The van der Waals surface area contributed by atoms with Gasteiger partial charge in [-0.1, -0.05) is 152 Å². The summed E-state index contributed by atoms with van der Waals surface area (Å²) in [5.41, 5.74) is 14.9. The molecule has 0 atom stereocenters. The van der Waals surface area contributed by atoms with Gasteiger partial charge in [-0.15, -0.1) is 11.3 Å². The Morgan fingerprint density at radius 2 is 0.929 bits per heavy atom. The van der Waals surface area contributed by atoms with Gasteiger partial charge in [0.2, 0.25) is 0 Å². The smallest absolute Gasteiger partial charge is 0.161 e. The zero-order chi connectivity index (χ0) is 37.0. The van der Waals surface area contributed by atoms with Crippen molar-refractivity contribution in [1.82, 2.24) is 9.97 Å². The minimum absolute atomic E-state index is 0.684. The van der Waals surface area contributed by atoms with Crippen molar-refractivity contribution < 1.29 is 4.42 Å². The highest BCUT2D eigenvalue weighted by Gasteiger charge is 2.20. The van der Waals surface area contributed by atoms with Gasteiger partial charge in [-0.05, 0) is 87.0 Å². The van der Waals surface area contributed by atoms with Gasteiger partial charge in [0, 0.05) is 32.0 Å². The van der Waals surface area contributed by atoms with Gasteiger partial charge in [0.15, 0.2) is 5.82 Å². The van der Waals surface area contributed by atoms with Crippen LogP contribution in [0.3, 0.4) is 0 Å². The van der Waals surface area contributed by atoms with Crippen molar-refractivity contribution >= 4 is 53.6 Å². The molecule has 3 aromatic heterocycles. The molecule has 0 bridgehead atoms. The molecule has 11 aromatic rings. The Morgan fingerprint density at radius 3 is 1.61 bits per heavy atom. The first-order chi connectivity index (χ1) is 27.7. The van der Waals surface area contributed by atoms with E-state index in [1.165, 1.54) is 38.1 Å². The fourth-order valence-corrected chi connectivity index (χ4v) is 9.09. The van der Waals surface area contributed by atoms with Crippen molar-refractivity contribution in [2.45, 2.75) is 0 Å². The second kappa shape index (κ2) is 13.3. The van der Waals surface area contributed by atoms with Crippen molar-refractivity contribution in [3.8, 4) is 67.2 Å². The number of benzene rings is 8. The van der Waals surface area contributed by atoms with Crippen molar-refractivity contribution in [2.24, 2.45) is 0 Å². The van der Waals surface area contributed by atoms with Crippen LogP contribution >= 0.6 is 11.3 Å². The van der Waals surface area contributed by atoms with Crippen LogP contribution < -0.4 is 0 Å². The molecule has 0 saturated heterocycles. The molecule has 0 fully saturated rings. The maximum atomic E-state index is 6.67. The van der Waals surface area contributed by atoms with Gasteiger partial charge in [-0.2, -0.15) is 0 Å². The molecule has 0 aliphatic carbocycles. The SMILES string of the molecule is c1ccc(-c2ccc(-c3nc(-c4cccc5oc6cc(-c7cc(-c8ccccc8)cc(-c8ccccc8)c7)ccc6c45)nc4c3sc3ccccc34)cc2)cc1. The van der Waals surface area contributed by atoms with E-state index in [9.17, 15) is 0 Å². The number of nitrogens with zero attached hydrogens (tertiary/aromatic N) is 2. The highest BCUT2D eigenvalue weighted by Crippen LogP contribution is 2.43. The Morgan fingerprint density at radius 1 is 0.375 bits per heavy atom. The minimum atomic E-state index is 0.684. The third-order valence-corrected chi connectivity index (χ3v) is 11.9. The molecule has 262 valence electrons. The predicted octanol–water partition coefficient (Wildman–Crippen LogP) is 14.7. The summed E-state index contributed by atoms with van der Waals surface area (Å²) in [6.07, 6.45) is 0. The normalized spacial score (nSPS) is 11.6. The summed E-state index contributed by atoms with van der Waals surface area (Å²) in [5, 5.41) is 3.19. The van der Waals surface area contributed by atoms with Crippen molar-refractivity contribution in [3.05, 3.63) is 194 Å². The molecule has 0 N–H and O–H groups in total. The highest BCUT2D eigenvalue weighted by atomic mass is 32.1. The van der Waals surface area contributed by atoms with E-state index < -0.39 is 0 Å². The maximum Gasteiger partial charge on any atom is 0.161 e. The zero-order valence-electron chi connectivity index (χ0n) is 30.2. The van der Waals surface area contributed by atoms with Crippen LogP contribution in [0.5, 0.6) is 0 Å². The van der Waals surface area contributed by atoms with Crippen LogP contribution in [0.25, 0.3) is 109 Å². The largest absolute Gasteiger partial charge is 0.456 e. The highest BCUT2D eigenvalue weighted by molar-refractivity contribution is 7.26. The molecule has 0 aliphatic heterocycles. The third-order valence-electron chi connectivity index (χ3n) is 10.7. The fraction of sp³-hybridized carbons (Fsp3) is 0. The first kappa shape index (κ1) is 32.3. The molecule has 0 unspecified atom stereocenters. The molecule has 0 spiro atoms. The fourth-order valence-electron chi connectivity index (χ4n) is 7.94. The van der Waals surface area contributed by atoms with Gasteiger partial charge in [-0.25, -0.2) is 9.97 Å². The lowest BCUT2D eigenvalue weighted by atomic mass is 9.93. The Balaban J connectivity index is 1.07. The van der Waals surface area contributed by atoms with Crippen LogP contribution in [0.4, 0.5) is 0 Å². The minimum Gasteiger partial charge on any atom is -0.456 e. The summed E-state index contributed by atoms with van der Waals surface area (Å²) in [4.78, 5) is 10.7. The first-order valence-corrected chi connectivity index (χ1v) is 19.6. The number of furan rings is 1. The van der Waals surface area contributed by atoms with Crippen LogP contribution in [-0.4, -0.2) is 9.97 Å². The Kier molecular flexibility index (Phi) is 7.68. The van der Waals surface area contributed by atoms with E-state index >= 15 is 0 Å². The average Bonchev–Trinajstić information content (AvgIpc) is 3.85. The van der Waals surface area contributed by atoms with E-state index in [2.05, 4.69) is 176 Å². The summed E-state index contributed by atoms with van der Waals surface area (Å²) < 4.78 is 8.95. The Bertz CT molecular complexity index is 3160. The monoisotopic (exact) mass is 732 g/mol. The number of hydrogen-bond donors (Lipinski definition) is 0. The molecule has 3 heterocycles. The lowest BCUT2D eigenvalue weighted by molar-refractivity contribution is 0.669. The number of aromatic nitrogens is 2. The summed E-state index contributed by atoms with van der Waals surface area (Å²) in [7, 11) is 0. The predicted molar refractivity (Wildman–Crippen MR) is 235 cm³/mol. The standard InChI is InChI=1S/C52H32N2OS/c1-4-13-33(14-5-1)36-23-25-37(26-24-36)49-51-50(43-19-10-11-22-47(43)56-51)54-52(53-49)44-20-12-21-45-48(44)42-28-27-38(32-46(42)55-45)41-30-39(34-15-6-2-7-16-34)29-40(31-41)35-17-8-3-9-18-35/h1-32H. The van der Waals surface area contributed by atoms with Crippen LogP contribution in [0, 0.1) is 0 Å². The number of hydrogen-bond acceptors (Lipinski definition) is 4. The molecule has 0 radical (unpaired) electrons. The molecule has 3 nitrogen and oxygen atoms in total. The quantitative estimate of drug-likeness (QED) is 0.171. The van der Waals surface area contributed by atoms with Crippen LogP contribution in [0.2, 0.25) is 0 Å². The third kappa shape index (κ3) is 5.58. The number of fused-ring (bicyclic) bond motifs is 6. The molecule has 0 aliphatic rings. The summed E-state index contributed by atoms with van der Waals surface area (Å²) in [6, 6.07) is 68.5. The van der Waals surface area contributed by atoms with Gasteiger partial charge >= 0.3 is 0 Å². The van der Waals surface area contributed by atoms with Gasteiger partial charge in [0.05, 0.1) is 15.9 Å². The lowest BCUT2D eigenvalue weighted by Crippen LogP contribution is -1.94. The Labute approximate surface area is 327 Å². The zero-order valence-corrected chi connectivity index (χ0v) is 31.0. The van der Waals surface area contributed by atoms with E-state index in [1.54, 1.807) is 11.3 Å². The number of rotatable bonds is 6. The van der Waals surface area contributed by atoms with E-state index in [1.807, 2.05) is 18.2 Å². The molecule has 0 amide bonds. The molecule has 4 heteroatoms. The maximum absolute atomic E-state index is 6.67. The topological polar surface area (TPSA) is 38.9 Å². The summed E-state index contributed by atoms with van der Waals surface area (Å²) in [6.45, 7) is 0. The Hall–Kier alpha value is -7.14. The van der Waals surface area contributed by atoms with Crippen LogP contribution in [0.1, 0.15) is 0 Å². The van der Waals surface area contributed by atoms with E-state index in [0.717, 1.165) is 65.5 Å². The van der Waals surface area contributed by atoms with E-state index in [0.29, 0.717) is 5.82 Å². The van der Waals surface area contributed by atoms with Gasteiger partial charge in [-0.3, -0.25) is 0 Å². The summed E-state index contributed by atoms with van der Waals surface area (Å²) >= 11 is 1.75. The molecule has 8 aromatic carbocycles. The van der Waals surface area contributed by atoms with Crippen LogP contribution in [0.15, 0.2) is 199 Å². The van der Waals surface area contributed by atoms with Crippen molar-refractivity contribution in [2.75, 3.05) is 0 Å². The van der Waals surface area contributed by atoms with Gasteiger partial charge in [0.1, 0.15) is 11.2 Å². The molecular formula is C52H32N2OS. The molecule has 0 saturated carbocycles. The average molecular weight is 733 g/mol. The first-order valence-electron chi connectivity index (χ1n) is 18.8. The molecule has 56 heavy (non-hydrogen) atoms. The van der Waals surface area contributed by atoms with Gasteiger partial charge in [0.25, 0.3) is 0 Å². The molecular weight excluding hydrogens is 701 g/mol. The summed E-state index contributed by atoms with van der Waals surface area (Å²) in [5.74, 6) is 0.684. The van der Waals surface area contributed by atoms with Crippen molar-refractivity contribution in [3.63, 3.8) is 0 Å². The van der Waals surface area contributed by atoms with Crippen LogP contribution in [-0.2, 0) is 0 Å². The van der Waals surface area contributed by atoms with E-state index in [4.69, 9.17) is 14.4 Å². The van der Waals surface area contributed by atoms with Gasteiger partial charge < -0.3 is 4.42 Å². The second-order valence-corrected chi connectivity index (χ2v) is 15.2. The molecule has 11 rings (SSSR count). The second-order valence-electron chi connectivity index (χ2n) is 14.1.